The Kier molecular flexibility index (Phi) is 5.37. The van der Waals surface area contributed by atoms with Crippen LogP contribution in [0.15, 0.2) is 50.8 Å². The molecule has 1 N–H and O–H groups in total. The van der Waals surface area contributed by atoms with Crippen molar-refractivity contribution in [3.8, 4) is 11.5 Å². The van der Waals surface area contributed by atoms with Crippen molar-refractivity contribution in [2.45, 2.75) is 18.7 Å². The van der Waals surface area contributed by atoms with Crippen molar-refractivity contribution in [1.82, 2.24) is 5.01 Å². The van der Waals surface area contributed by atoms with E-state index in [0.29, 0.717) is 12.1 Å². The number of nitrogens with zero attached hydrogens (tertiary/aromatic N) is 3. The number of ether oxygens (including phenoxy) is 1. The number of aromatic hydroxyl groups is 1. The van der Waals surface area contributed by atoms with E-state index in [1.165, 1.54) is 54.7 Å². The molecule has 0 amide bonds. The first kappa shape index (κ1) is 19.8. The number of halogens is 1. The smallest absolute Gasteiger partial charge is 0.285 e. The molecule has 0 fully saturated rings. The van der Waals surface area contributed by atoms with Crippen LogP contribution in [0.2, 0.25) is 0 Å². The summed E-state index contributed by atoms with van der Waals surface area (Å²) in [5, 5.41) is 15.6. The zero-order valence-electron chi connectivity index (χ0n) is 15.6. The first-order chi connectivity index (χ1) is 13.2. The number of benzene rings is 2. The predicted molar refractivity (Wildman–Crippen MR) is 104 cm³/mol. The van der Waals surface area contributed by atoms with Gasteiger partial charge in [-0.15, -0.1) is 4.40 Å². The Bertz CT molecular complexity index is 1060. The average Bonchev–Trinajstić information content (AvgIpc) is 2.89. The molecule has 1 aliphatic heterocycles. The van der Waals surface area contributed by atoms with Gasteiger partial charge in [0.25, 0.3) is 10.0 Å². The highest BCUT2D eigenvalue weighted by atomic mass is 32.2. The Morgan fingerprint density at radius 3 is 2.71 bits per heavy atom. The minimum Gasteiger partial charge on any atom is -0.508 e. The van der Waals surface area contributed by atoms with E-state index in [1.807, 2.05) is 13.8 Å². The van der Waals surface area contributed by atoms with Gasteiger partial charge in [-0.25, -0.2) is 9.40 Å². The summed E-state index contributed by atoms with van der Waals surface area (Å²) in [5.41, 5.74) is 0.860. The SMILES string of the molecule is COc1cc(/C=N/N(CC(C)C)C2=NS(=O)(=O)c3ccc(O)cc32)ccc1F. The molecule has 0 bridgehead atoms. The number of amidine groups is 1. The lowest BCUT2D eigenvalue weighted by atomic mass is 10.1. The van der Waals surface area contributed by atoms with Crippen molar-refractivity contribution in [2.24, 2.45) is 15.4 Å². The molecular formula is C19H20FN3O4S. The molecule has 3 rings (SSSR count). The molecule has 2 aromatic rings. The molecule has 1 aliphatic rings. The van der Waals surface area contributed by atoms with Crippen LogP contribution in [0.5, 0.6) is 11.5 Å². The molecular weight excluding hydrogens is 385 g/mol. The second-order valence-electron chi connectivity index (χ2n) is 6.68. The van der Waals surface area contributed by atoms with E-state index in [-0.39, 0.29) is 33.7 Å². The molecule has 7 nitrogen and oxygen atoms in total. The van der Waals surface area contributed by atoms with Crippen molar-refractivity contribution >= 4 is 22.1 Å². The number of sulfonamides is 1. The highest BCUT2D eigenvalue weighted by Gasteiger charge is 2.32. The molecule has 148 valence electrons. The van der Waals surface area contributed by atoms with E-state index in [1.54, 1.807) is 0 Å². The lowest BCUT2D eigenvalue weighted by Gasteiger charge is -2.21. The summed E-state index contributed by atoms with van der Waals surface area (Å²) < 4.78 is 47.1. The fraction of sp³-hybridized carbons (Fsp3) is 0.263. The minimum absolute atomic E-state index is 0.0210. The highest BCUT2D eigenvalue weighted by molar-refractivity contribution is 7.90. The average molecular weight is 405 g/mol. The Labute approximate surface area is 162 Å². The number of phenols is 1. The van der Waals surface area contributed by atoms with E-state index in [0.717, 1.165) is 0 Å². The first-order valence-electron chi connectivity index (χ1n) is 8.54. The molecule has 0 saturated carbocycles. The second kappa shape index (κ2) is 7.59. The molecule has 28 heavy (non-hydrogen) atoms. The zero-order chi connectivity index (χ0) is 20.5. The van der Waals surface area contributed by atoms with Gasteiger partial charge in [-0.05, 0) is 41.8 Å². The lowest BCUT2D eigenvalue weighted by molar-refractivity contribution is 0.384. The van der Waals surface area contributed by atoms with Crippen LogP contribution in [0.1, 0.15) is 25.0 Å². The molecule has 9 heteroatoms. The predicted octanol–water partition coefficient (Wildman–Crippen LogP) is 2.98. The summed E-state index contributed by atoms with van der Waals surface area (Å²) in [6.07, 6.45) is 1.47. The number of hydrogen-bond donors (Lipinski definition) is 1. The number of hydrogen-bond acceptors (Lipinski definition) is 6. The molecule has 0 atom stereocenters. The van der Waals surface area contributed by atoms with Gasteiger partial charge in [-0.2, -0.15) is 13.5 Å². The van der Waals surface area contributed by atoms with Crippen molar-refractivity contribution in [2.75, 3.05) is 13.7 Å². The van der Waals surface area contributed by atoms with Gasteiger partial charge in [0, 0.05) is 12.1 Å². The Hall–Kier alpha value is -2.94. The van der Waals surface area contributed by atoms with Crippen LogP contribution in [-0.4, -0.2) is 44.2 Å². The Balaban J connectivity index is 2.01. The summed E-state index contributed by atoms with van der Waals surface area (Å²) in [6.45, 7) is 4.30. The van der Waals surface area contributed by atoms with E-state index in [4.69, 9.17) is 4.74 Å². The molecule has 0 radical (unpaired) electrons. The summed E-state index contributed by atoms with van der Waals surface area (Å²) in [4.78, 5) is 0.0210. The number of rotatable bonds is 5. The van der Waals surface area contributed by atoms with Gasteiger partial charge in [0.2, 0.25) is 0 Å². The van der Waals surface area contributed by atoms with E-state index < -0.39 is 15.8 Å². The van der Waals surface area contributed by atoms with E-state index >= 15 is 0 Å². The Morgan fingerprint density at radius 2 is 2.04 bits per heavy atom. The maximum atomic E-state index is 13.6. The van der Waals surface area contributed by atoms with Gasteiger partial charge in [-0.3, -0.25) is 0 Å². The van der Waals surface area contributed by atoms with Crippen LogP contribution in [0.25, 0.3) is 0 Å². The number of phenolic OH excluding ortho intramolecular Hbond substituents is 1. The van der Waals surface area contributed by atoms with Crippen LogP contribution in [0, 0.1) is 11.7 Å². The maximum absolute atomic E-state index is 13.6. The molecule has 0 saturated heterocycles. The van der Waals surface area contributed by atoms with Gasteiger partial charge in [0.15, 0.2) is 17.4 Å². The van der Waals surface area contributed by atoms with Crippen molar-refractivity contribution in [3.05, 3.63) is 53.3 Å². The van der Waals surface area contributed by atoms with Gasteiger partial charge >= 0.3 is 0 Å². The first-order valence-corrected chi connectivity index (χ1v) is 9.98. The van der Waals surface area contributed by atoms with Crippen molar-refractivity contribution in [3.63, 3.8) is 0 Å². The normalized spacial score (nSPS) is 15.0. The third-order valence-electron chi connectivity index (χ3n) is 3.99. The summed E-state index contributed by atoms with van der Waals surface area (Å²) in [7, 11) is -2.49. The van der Waals surface area contributed by atoms with Crippen LogP contribution in [0.4, 0.5) is 4.39 Å². The van der Waals surface area contributed by atoms with Crippen molar-refractivity contribution in [1.29, 1.82) is 0 Å². The summed E-state index contributed by atoms with van der Waals surface area (Å²) in [6, 6.07) is 8.25. The minimum atomic E-state index is -3.86. The molecule has 0 spiro atoms. The van der Waals surface area contributed by atoms with Gasteiger partial charge < -0.3 is 9.84 Å². The second-order valence-corrected chi connectivity index (χ2v) is 8.26. The molecule has 1 heterocycles. The molecule has 0 aromatic heterocycles. The number of hydrazone groups is 1. The van der Waals surface area contributed by atoms with Gasteiger partial charge in [-0.1, -0.05) is 19.9 Å². The number of methoxy groups -OCH3 is 1. The van der Waals surface area contributed by atoms with Crippen molar-refractivity contribution < 1.29 is 22.7 Å². The Morgan fingerprint density at radius 1 is 1.29 bits per heavy atom. The molecule has 0 aliphatic carbocycles. The van der Waals surface area contributed by atoms with Crippen LogP contribution < -0.4 is 4.74 Å². The summed E-state index contributed by atoms with van der Waals surface area (Å²) in [5.74, 6) is -0.207. The molecule has 2 aromatic carbocycles. The zero-order valence-corrected chi connectivity index (χ0v) is 16.4. The van der Waals surface area contributed by atoms with Gasteiger partial charge in [0.05, 0.1) is 13.3 Å². The largest absolute Gasteiger partial charge is 0.508 e. The quantitative estimate of drug-likeness (QED) is 0.610. The van der Waals surface area contributed by atoms with E-state index in [9.17, 15) is 17.9 Å². The van der Waals surface area contributed by atoms with Gasteiger partial charge in [0.1, 0.15) is 10.6 Å². The molecule has 0 unspecified atom stereocenters. The topological polar surface area (TPSA) is 91.6 Å². The van der Waals surface area contributed by atoms with E-state index in [2.05, 4.69) is 9.50 Å². The van der Waals surface area contributed by atoms with Crippen LogP contribution in [0.3, 0.4) is 0 Å². The fourth-order valence-electron chi connectivity index (χ4n) is 2.74. The summed E-state index contributed by atoms with van der Waals surface area (Å²) >= 11 is 0. The monoisotopic (exact) mass is 405 g/mol. The number of fused-ring (bicyclic) bond motifs is 1. The standard InChI is InChI=1S/C19H20FN3O4S/c1-12(2)11-23(21-10-13-4-6-16(20)17(8-13)27-3)19-15-9-14(24)5-7-18(15)28(25,26)22-19/h4-10,12,24H,11H2,1-3H3/b21-10+. The lowest BCUT2D eigenvalue weighted by Crippen LogP contribution is -2.29. The fourth-order valence-corrected chi connectivity index (χ4v) is 3.93. The third kappa shape index (κ3) is 3.99. The maximum Gasteiger partial charge on any atom is 0.285 e. The highest BCUT2D eigenvalue weighted by Crippen LogP contribution is 2.31. The van der Waals surface area contributed by atoms with Crippen LogP contribution >= 0.6 is 0 Å². The van der Waals surface area contributed by atoms with Crippen LogP contribution in [-0.2, 0) is 10.0 Å². The third-order valence-corrected chi connectivity index (χ3v) is 5.32.